The number of aliphatic carboxylic acids is 1. The van der Waals surface area contributed by atoms with Crippen LogP contribution < -0.4 is 25.4 Å². The molecule has 3 amide bonds. The van der Waals surface area contributed by atoms with E-state index in [2.05, 4.69) is 27.5 Å². The number of hydrogen-bond donors (Lipinski definition) is 4. The summed E-state index contributed by atoms with van der Waals surface area (Å²) in [4.78, 5) is 76.2. The number of carbonyl (C=O) groups is 5. The third-order valence-corrected chi connectivity index (χ3v) is 11.7. The number of aldehydes is 1. The summed E-state index contributed by atoms with van der Waals surface area (Å²) >= 11 is 6.81. The van der Waals surface area contributed by atoms with Gasteiger partial charge in [0.1, 0.15) is 64.9 Å². The molecule has 17 heteroatoms. The summed E-state index contributed by atoms with van der Waals surface area (Å²) in [7, 11) is 0. The van der Waals surface area contributed by atoms with Crippen molar-refractivity contribution in [3.05, 3.63) is 42.1 Å². The summed E-state index contributed by atoms with van der Waals surface area (Å²) in [6.45, 7) is 12.6. The number of carbonyl (C=O) groups excluding carboxylic acids is 4. The third kappa shape index (κ3) is 8.29. The Balaban J connectivity index is 1.21. The molecule has 0 radical (unpaired) electrons. The fraction of sp³-hybridized carbons (Fsp3) is 0.537. The number of carboxylic acids is 1. The maximum absolute atomic E-state index is 14.7. The molecule has 3 unspecified atom stereocenters. The lowest BCUT2D eigenvalue weighted by atomic mass is 9.85. The number of oxazole rings is 1. The molecule has 7 rings (SSSR count). The van der Waals surface area contributed by atoms with Crippen molar-refractivity contribution in [3.63, 3.8) is 0 Å². The highest BCUT2D eigenvalue weighted by Crippen LogP contribution is 2.52. The van der Waals surface area contributed by atoms with Crippen LogP contribution in [0.3, 0.4) is 0 Å². The summed E-state index contributed by atoms with van der Waals surface area (Å²) in [6, 6.07) is 2.89. The zero-order valence-electron chi connectivity index (χ0n) is 33.1. The zero-order valence-corrected chi connectivity index (χ0v) is 33.8. The van der Waals surface area contributed by atoms with E-state index in [0.29, 0.717) is 34.9 Å². The number of nitrogens with zero attached hydrogens (tertiary/aromatic N) is 3. The molecule has 58 heavy (non-hydrogen) atoms. The molecule has 4 fully saturated rings. The summed E-state index contributed by atoms with van der Waals surface area (Å²) < 4.78 is 23.6. The van der Waals surface area contributed by atoms with Gasteiger partial charge in [-0.05, 0) is 68.9 Å². The Kier molecular flexibility index (Phi) is 11.1. The number of aromatic nitrogens is 2. The summed E-state index contributed by atoms with van der Waals surface area (Å²) in [5.74, 6) is -1.29. The van der Waals surface area contributed by atoms with E-state index in [9.17, 15) is 29.1 Å². The molecule has 0 bridgehead atoms. The van der Waals surface area contributed by atoms with Crippen molar-refractivity contribution < 1.29 is 47.7 Å². The van der Waals surface area contributed by atoms with Crippen LogP contribution in [0.2, 0.25) is 5.02 Å². The number of carboxylic acid groups (broad SMARTS) is 1. The number of ether oxygens (including phenoxy) is 3. The Morgan fingerprint density at radius 1 is 1.09 bits per heavy atom. The minimum Gasteiger partial charge on any atom is -0.488 e. The number of benzene rings is 1. The van der Waals surface area contributed by atoms with Crippen LogP contribution in [0.4, 0.5) is 10.8 Å². The van der Waals surface area contributed by atoms with E-state index in [0.717, 1.165) is 19.3 Å². The number of anilines is 1. The first-order valence-electron chi connectivity index (χ1n) is 19.6. The SMILES string of the molecule is C=C[C@@H]1CC1(NC(=O)[C@@H]1CC(Oc2cc(-c3coc(NC(C)C)n3)nc3c(Cl)c(OCC=O)ccc23)CN1C(=O)[C@@H](NC(=O)OC1C[C@@H]2C[C@@H]2C1)C(C)(C)C)C(=O)O. The minimum atomic E-state index is -1.56. The molecule has 0 spiro atoms. The van der Waals surface area contributed by atoms with Crippen LogP contribution >= 0.6 is 11.6 Å². The van der Waals surface area contributed by atoms with Gasteiger partial charge in [-0.3, -0.25) is 14.4 Å². The lowest BCUT2D eigenvalue weighted by Gasteiger charge is -2.35. The monoisotopic (exact) mass is 820 g/mol. The second kappa shape index (κ2) is 15.8. The van der Waals surface area contributed by atoms with Gasteiger partial charge in [-0.1, -0.05) is 38.4 Å². The Hall–Kier alpha value is -5.38. The van der Waals surface area contributed by atoms with Gasteiger partial charge in [0, 0.05) is 29.8 Å². The van der Waals surface area contributed by atoms with E-state index < -0.39 is 58.9 Å². The first-order chi connectivity index (χ1) is 27.5. The van der Waals surface area contributed by atoms with Crippen LogP contribution in [0.1, 0.15) is 66.7 Å². The fourth-order valence-electron chi connectivity index (χ4n) is 8.12. The van der Waals surface area contributed by atoms with Crippen molar-refractivity contribution in [3.8, 4) is 22.9 Å². The van der Waals surface area contributed by atoms with Crippen LogP contribution in [0.25, 0.3) is 22.3 Å². The fourth-order valence-corrected chi connectivity index (χ4v) is 8.39. The van der Waals surface area contributed by atoms with Crippen molar-refractivity contribution in [1.29, 1.82) is 0 Å². The molecular formula is C41H49ClN6O10. The van der Waals surface area contributed by atoms with Crippen molar-refractivity contribution in [2.24, 2.45) is 23.2 Å². The number of fused-ring (bicyclic) bond motifs is 2. The molecule has 3 aliphatic carbocycles. The number of nitrogens with one attached hydrogen (secondary N) is 3. The second-order valence-electron chi connectivity index (χ2n) is 17.1. The van der Waals surface area contributed by atoms with Gasteiger partial charge in [0.15, 0.2) is 6.29 Å². The van der Waals surface area contributed by atoms with Gasteiger partial charge < -0.3 is 44.6 Å². The van der Waals surface area contributed by atoms with E-state index in [4.69, 9.17) is 35.2 Å². The van der Waals surface area contributed by atoms with Crippen molar-refractivity contribution in [2.75, 3.05) is 18.5 Å². The van der Waals surface area contributed by atoms with E-state index in [1.54, 1.807) is 39.0 Å². The smallest absolute Gasteiger partial charge is 0.408 e. The van der Waals surface area contributed by atoms with E-state index in [-0.39, 0.29) is 66.2 Å². The van der Waals surface area contributed by atoms with Crippen LogP contribution in [0.15, 0.2) is 41.5 Å². The molecule has 2 aromatic heterocycles. The van der Waals surface area contributed by atoms with Gasteiger partial charge in [-0.15, -0.1) is 6.58 Å². The quantitative estimate of drug-likeness (QED) is 0.112. The highest BCUT2D eigenvalue weighted by Gasteiger charge is 2.61. The average molecular weight is 821 g/mol. The van der Waals surface area contributed by atoms with Crippen molar-refractivity contribution in [2.45, 2.75) is 103 Å². The predicted molar refractivity (Wildman–Crippen MR) is 211 cm³/mol. The molecule has 310 valence electrons. The normalized spacial score (nSPS) is 26.4. The third-order valence-electron chi connectivity index (χ3n) is 11.4. The van der Waals surface area contributed by atoms with Crippen LogP contribution in [-0.2, 0) is 23.9 Å². The first-order valence-corrected chi connectivity index (χ1v) is 19.9. The maximum atomic E-state index is 14.7. The standard InChI is InChI=1S/C41H49ClN6O10/c1-7-23-17-41(23,37(52)53)47-35(50)29-15-25(18-48(29)36(51)34(40(4,5)6)46-39(54)58-24-13-21-12-22(21)14-24)57-31-16-27(28-19-56-38(45-28)43-20(2)3)44-33-26(31)8-9-30(32(33)42)55-11-10-49/h7-10,16,19-25,29,34H,1,11-15,17-18H2,2-6H3,(H,43,45)(H,46,54)(H,47,50)(H,52,53)/t21-,22+,23-,24?,25?,29+,34-,41?/m1/s1. The lowest BCUT2D eigenvalue weighted by Crippen LogP contribution is -2.59. The summed E-state index contributed by atoms with van der Waals surface area (Å²) in [5.41, 5.74) is -1.44. The predicted octanol–water partition coefficient (Wildman–Crippen LogP) is 5.37. The van der Waals surface area contributed by atoms with Gasteiger partial charge >= 0.3 is 12.1 Å². The Bertz CT molecular complexity index is 2120. The Morgan fingerprint density at radius 2 is 1.83 bits per heavy atom. The molecule has 3 saturated carbocycles. The Labute approximate surface area is 340 Å². The van der Waals surface area contributed by atoms with Crippen LogP contribution in [0.5, 0.6) is 11.5 Å². The summed E-state index contributed by atoms with van der Waals surface area (Å²) in [5, 5.41) is 19.3. The number of alkyl carbamates (subject to hydrolysis) is 1. The number of amides is 3. The molecular weight excluding hydrogens is 772 g/mol. The largest absolute Gasteiger partial charge is 0.488 e. The number of rotatable bonds is 15. The van der Waals surface area contributed by atoms with Gasteiger partial charge in [-0.25, -0.2) is 14.6 Å². The number of halogens is 1. The second-order valence-corrected chi connectivity index (χ2v) is 17.5. The molecule has 1 aliphatic heterocycles. The zero-order chi connectivity index (χ0) is 41.7. The molecule has 3 aromatic rings. The molecule has 16 nitrogen and oxygen atoms in total. The van der Waals surface area contributed by atoms with E-state index in [1.807, 2.05) is 13.8 Å². The maximum Gasteiger partial charge on any atom is 0.408 e. The molecule has 1 aromatic carbocycles. The molecule has 1 saturated heterocycles. The first kappa shape index (κ1) is 40.8. The summed E-state index contributed by atoms with van der Waals surface area (Å²) in [6.07, 6.45) is 4.63. The topological polar surface area (TPSA) is 212 Å². The van der Waals surface area contributed by atoms with Gasteiger partial charge in [0.2, 0.25) is 11.8 Å². The number of hydrogen-bond acceptors (Lipinski definition) is 12. The molecule has 4 aliphatic rings. The van der Waals surface area contributed by atoms with Gasteiger partial charge in [0.05, 0.1) is 17.8 Å². The molecule has 8 atom stereocenters. The van der Waals surface area contributed by atoms with Crippen LogP contribution in [0, 0.1) is 23.2 Å². The Morgan fingerprint density at radius 3 is 2.47 bits per heavy atom. The highest BCUT2D eigenvalue weighted by atomic mass is 35.5. The van der Waals surface area contributed by atoms with Crippen molar-refractivity contribution in [1.82, 2.24) is 25.5 Å². The van der Waals surface area contributed by atoms with Crippen LogP contribution in [-0.4, -0.2) is 99.2 Å². The van der Waals surface area contributed by atoms with Gasteiger partial charge in [0.25, 0.3) is 6.01 Å². The lowest BCUT2D eigenvalue weighted by molar-refractivity contribution is -0.146. The van der Waals surface area contributed by atoms with Crippen molar-refractivity contribution >= 4 is 58.7 Å². The average Bonchev–Trinajstić information content (AvgIpc) is 3.83. The molecule has 3 heterocycles. The number of pyridine rings is 1. The molecule has 4 N–H and O–H groups in total. The van der Waals surface area contributed by atoms with E-state index >= 15 is 0 Å². The minimum absolute atomic E-state index is 0.0297. The van der Waals surface area contributed by atoms with Gasteiger partial charge in [-0.2, -0.15) is 4.98 Å². The highest BCUT2D eigenvalue weighted by molar-refractivity contribution is 6.36. The van der Waals surface area contributed by atoms with E-state index in [1.165, 1.54) is 17.2 Å². The number of likely N-dealkylation sites (tertiary alicyclic amines) is 1.